The molecule has 1 atom stereocenters. The van der Waals surface area contributed by atoms with Crippen molar-refractivity contribution in [3.8, 4) is 0 Å². The van der Waals surface area contributed by atoms with Gasteiger partial charge >= 0.3 is 0 Å². The van der Waals surface area contributed by atoms with Gasteiger partial charge in [-0.2, -0.15) is 0 Å². The molecule has 168 valence electrons. The Morgan fingerprint density at radius 2 is 1.16 bits per heavy atom. The first-order valence-electron chi connectivity index (χ1n) is 11.9. The summed E-state index contributed by atoms with van der Waals surface area (Å²) in [6.45, 7) is 22.2. The van der Waals surface area contributed by atoms with Gasteiger partial charge in [0.05, 0.1) is 0 Å². The minimum Gasteiger partial charge on any atom is -0.148 e. The Morgan fingerprint density at radius 1 is 0.774 bits per heavy atom. The second-order valence-corrected chi connectivity index (χ2v) is 19.2. The Morgan fingerprint density at radius 3 is 1.52 bits per heavy atom. The third-order valence-corrected chi connectivity index (χ3v) is 12.7. The van der Waals surface area contributed by atoms with Crippen molar-refractivity contribution in [1.29, 1.82) is 0 Å². The van der Waals surface area contributed by atoms with Crippen molar-refractivity contribution < 1.29 is 0 Å². The summed E-state index contributed by atoms with van der Waals surface area (Å²) in [5.41, 5.74) is 12.6. The van der Waals surface area contributed by atoms with Gasteiger partial charge in [-0.15, -0.1) is 23.5 Å². The summed E-state index contributed by atoms with van der Waals surface area (Å²) < 4.78 is 0.755. The maximum atomic E-state index is 2.61. The average Bonchev–Trinajstić information content (AvgIpc) is 2.63. The van der Waals surface area contributed by atoms with Gasteiger partial charge in [-0.05, 0) is 65.9 Å². The highest BCUT2D eigenvalue weighted by Crippen LogP contribution is 2.41. The minimum absolute atomic E-state index is 0.496. The molecule has 0 aliphatic carbocycles. The van der Waals surface area contributed by atoms with Gasteiger partial charge in [-0.3, -0.25) is 0 Å². The van der Waals surface area contributed by atoms with Crippen LogP contribution in [0.4, 0.5) is 0 Å². The topological polar surface area (TPSA) is 0 Å². The molecule has 0 saturated carbocycles. The first-order valence-corrected chi connectivity index (χ1v) is 17.5. The predicted molar refractivity (Wildman–Crippen MR) is 151 cm³/mol. The van der Waals surface area contributed by atoms with Crippen molar-refractivity contribution in [2.75, 3.05) is 11.5 Å². The minimum atomic E-state index is -1.44. The monoisotopic (exact) mass is 468 g/mol. The molecule has 31 heavy (non-hydrogen) atoms. The SMILES string of the molecule is Cc1cc(C)c(B(c2c(C)cc(C)cc2C)C(CC2SCCCS2)[Si](C)(C)C)c(C)c1. The molecule has 3 rings (SSSR count). The molecule has 0 bridgehead atoms. The van der Waals surface area contributed by atoms with Crippen molar-refractivity contribution in [2.45, 2.75) is 84.0 Å². The molecule has 1 aliphatic rings. The number of hydrogen-bond donors (Lipinski definition) is 0. The van der Waals surface area contributed by atoms with E-state index < -0.39 is 8.07 Å². The Hall–Kier alpha value is -0.578. The van der Waals surface area contributed by atoms with Gasteiger partial charge in [0.1, 0.15) is 0 Å². The van der Waals surface area contributed by atoms with E-state index in [0.29, 0.717) is 6.71 Å². The van der Waals surface area contributed by atoms with Gasteiger partial charge in [0.2, 0.25) is 6.71 Å². The Bertz CT molecular complexity index is 822. The molecule has 0 nitrogen and oxygen atoms in total. The zero-order chi connectivity index (χ0) is 22.9. The lowest BCUT2D eigenvalue weighted by molar-refractivity contribution is 0.935. The summed E-state index contributed by atoms with van der Waals surface area (Å²) in [4.78, 5) is 0. The third-order valence-electron chi connectivity index (χ3n) is 6.96. The van der Waals surface area contributed by atoms with E-state index in [1.54, 1.807) is 10.9 Å². The normalized spacial score (nSPS) is 16.4. The average molecular weight is 469 g/mol. The highest BCUT2D eigenvalue weighted by molar-refractivity contribution is 8.17. The Kier molecular flexibility index (Phi) is 8.19. The maximum Gasteiger partial charge on any atom is 0.211 e. The van der Waals surface area contributed by atoms with E-state index in [1.807, 2.05) is 0 Å². The molecular formula is C27H41BS2Si. The van der Waals surface area contributed by atoms with Gasteiger partial charge in [0, 0.05) is 12.7 Å². The highest BCUT2D eigenvalue weighted by atomic mass is 32.2. The molecule has 1 unspecified atom stereocenters. The molecule has 1 saturated heterocycles. The molecule has 1 heterocycles. The van der Waals surface area contributed by atoms with Crippen LogP contribution in [0.2, 0.25) is 25.1 Å². The van der Waals surface area contributed by atoms with Gasteiger partial charge in [0.25, 0.3) is 0 Å². The quantitative estimate of drug-likeness (QED) is 0.420. The summed E-state index contributed by atoms with van der Waals surface area (Å²) in [5.74, 6) is 2.68. The Balaban J connectivity index is 2.23. The van der Waals surface area contributed by atoms with E-state index >= 15 is 0 Å². The van der Waals surface area contributed by atoms with Crippen LogP contribution in [0.1, 0.15) is 46.2 Å². The highest BCUT2D eigenvalue weighted by Gasteiger charge is 2.42. The summed E-state index contributed by atoms with van der Waals surface area (Å²) in [6.07, 6.45) is 2.72. The second-order valence-electron chi connectivity index (χ2n) is 10.8. The van der Waals surface area contributed by atoms with E-state index in [1.165, 1.54) is 57.7 Å². The first kappa shape index (κ1) is 25.1. The van der Waals surface area contributed by atoms with E-state index in [2.05, 4.69) is 109 Å². The standard InChI is InChI=1S/C27H41BS2Si/c1-18-13-20(3)26(21(4)14-18)28(27-22(5)15-19(2)16-23(27)6)24(31(7,8)9)17-25-29-11-10-12-30-25/h13-16,24-25H,10-12,17H2,1-9H3. The summed E-state index contributed by atoms with van der Waals surface area (Å²) in [6, 6.07) is 9.66. The fourth-order valence-electron chi connectivity index (χ4n) is 5.78. The van der Waals surface area contributed by atoms with Gasteiger partial charge in [-0.25, -0.2) is 0 Å². The summed E-state index contributed by atoms with van der Waals surface area (Å²) >= 11 is 4.44. The van der Waals surface area contributed by atoms with Crippen molar-refractivity contribution >= 4 is 49.2 Å². The Labute approximate surface area is 201 Å². The molecule has 0 aromatic heterocycles. The molecule has 2 aromatic carbocycles. The fraction of sp³-hybridized carbons (Fsp3) is 0.556. The molecule has 2 aromatic rings. The van der Waals surface area contributed by atoms with Crippen LogP contribution in [0.15, 0.2) is 24.3 Å². The van der Waals surface area contributed by atoms with Crippen LogP contribution in [0.3, 0.4) is 0 Å². The van der Waals surface area contributed by atoms with Crippen molar-refractivity contribution in [2.24, 2.45) is 0 Å². The zero-order valence-corrected chi connectivity index (χ0v) is 23.8. The lowest BCUT2D eigenvalue weighted by Crippen LogP contribution is -2.56. The zero-order valence-electron chi connectivity index (χ0n) is 21.2. The largest absolute Gasteiger partial charge is 0.211 e. The van der Waals surface area contributed by atoms with Crippen LogP contribution in [-0.2, 0) is 0 Å². The van der Waals surface area contributed by atoms with Crippen LogP contribution in [-0.4, -0.2) is 30.9 Å². The summed E-state index contributed by atoms with van der Waals surface area (Å²) in [5, 5.41) is 0. The van der Waals surface area contributed by atoms with E-state index in [4.69, 9.17) is 0 Å². The van der Waals surface area contributed by atoms with Crippen LogP contribution < -0.4 is 10.9 Å². The van der Waals surface area contributed by atoms with Crippen LogP contribution in [0, 0.1) is 41.5 Å². The lowest BCUT2D eigenvalue weighted by Gasteiger charge is -2.40. The van der Waals surface area contributed by atoms with Crippen LogP contribution in [0.25, 0.3) is 0 Å². The van der Waals surface area contributed by atoms with Crippen molar-refractivity contribution in [1.82, 2.24) is 0 Å². The molecule has 0 amide bonds. The van der Waals surface area contributed by atoms with Crippen LogP contribution in [0.5, 0.6) is 0 Å². The number of rotatable bonds is 6. The third kappa shape index (κ3) is 5.86. The first-order chi connectivity index (χ1) is 14.5. The van der Waals surface area contributed by atoms with Gasteiger partial charge in [-0.1, -0.05) is 93.7 Å². The van der Waals surface area contributed by atoms with Crippen molar-refractivity contribution in [3.63, 3.8) is 0 Å². The number of aryl methyl sites for hydroxylation is 6. The fourth-order valence-corrected chi connectivity index (χ4v) is 11.4. The molecule has 0 radical (unpaired) electrons. The van der Waals surface area contributed by atoms with E-state index in [0.717, 1.165) is 10.0 Å². The molecule has 4 heteroatoms. The number of benzene rings is 2. The summed E-state index contributed by atoms with van der Waals surface area (Å²) in [7, 11) is -1.44. The van der Waals surface area contributed by atoms with E-state index in [9.17, 15) is 0 Å². The molecule has 0 spiro atoms. The molecule has 1 aliphatic heterocycles. The maximum absolute atomic E-state index is 2.61. The molecular weight excluding hydrogens is 427 g/mol. The number of hydrogen-bond acceptors (Lipinski definition) is 2. The molecule has 1 fully saturated rings. The molecule has 0 N–H and O–H groups in total. The van der Waals surface area contributed by atoms with Crippen molar-refractivity contribution in [3.05, 3.63) is 57.6 Å². The van der Waals surface area contributed by atoms with E-state index in [-0.39, 0.29) is 0 Å². The van der Waals surface area contributed by atoms with Gasteiger partial charge < -0.3 is 0 Å². The predicted octanol–water partition coefficient (Wildman–Crippen LogP) is 6.98. The van der Waals surface area contributed by atoms with Crippen LogP contribution >= 0.6 is 23.5 Å². The lowest BCUT2D eigenvalue weighted by atomic mass is 9.35. The van der Waals surface area contributed by atoms with Gasteiger partial charge in [0.15, 0.2) is 0 Å². The second kappa shape index (κ2) is 10.1. The smallest absolute Gasteiger partial charge is 0.148 e. The number of thioether (sulfide) groups is 2.